The van der Waals surface area contributed by atoms with Crippen molar-refractivity contribution < 1.29 is 59.0 Å². The molecule has 1 heterocycles. The number of hydrogen-bond donors (Lipinski definition) is 1. The lowest BCUT2D eigenvalue weighted by atomic mass is 9.82. The van der Waals surface area contributed by atoms with E-state index in [9.17, 15) is 40.8 Å². The zero-order chi connectivity index (χ0) is 42.5. The van der Waals surface area contributed by atoms with Crippen LogP contribution in [0.1, 0.15) is 37.8 Å². The number of rotatable bonds is 17. The predicted octanol–water partition coefficient (Wildman–Crippen LogP) is 7.34. The summed E-state index contributed by atoms with van der Waals surface area (Å²) in [5.41, 5.74) is 0.858. The fraction of sp³-hybridized carbons (Fsp3) is 0.421. The molecule has 0 radical (unpaired) electrons. The molecule has 1 saturated heterocycles. The van der Waals surface area contributed by atoms with Crippen LogP contribution in [0.15, 0.2) is 66.7 Å². The van der Waals surface area contributed by atoms with Crippen molar-refractivity contribution in [2.24, 2.45) is 11.8 Å². The molecular formula is C38H38Cl3F5N2O8S. The quantitative estimate of drug-likeness (QED) is 0.110. The molecule has 310 valence electrons. The standard InChI is InChI=1S/C38H38Cl3F5N2O8S/c1-21(2)30(34(50)38(45,46)36(52)47-20-37(42,43)44)17-32(49)31-16-29(57(53,54)19-22-7-9-27(55-3)10-8-22)18-48(31)35(51)33(12-23-5-4-6-24(39)11-23)56-28-14-25(40)13-26(41)15-28/h4-11,13-15,21,29-31,33H,12,16-20H2,1-3H3,(H,47,52)/t29-,30+,31+,33-/m1/s1. The Hall–Kier alpha value is -3.99. The second kappa shape index (κ2) is 18.7. The second-order valence-electron chi connectivity index (χ2n) is 13.8. The molecule has 3 aromatic carbocycles. The van der Waals surface area contributed by atoms with E-state index in [4.69, 9.17) is 44.3 Å². The molecule has 0 aromatic heterocycles. The first kappa shape index (κ1) is 45.7. The minimum Gasteiger partial charge on any atom is -0.497 e. The number of alkyl halides is 5. The van der Waals surface area contributed by atoms with Crippen molar-refractivity contribution in [3.8, 4) is 11.5 Å². The molecule has 1 fully saturated rings. The summed E-state index contributed by atoms with van der Waals surface area (Å²) in [4.78, 5) is 54.9. The van der Waals surface area contributed by atoms with Crippen molar-refractivity contribution in [3.05, 3.63) is 92.9 Å². The van der Waals surface area contributed by atoms with Crippen LogP contribution in [0.2, 0.25) is 15.1 Å². The highest BCUT2D eigenvalue weighted by Crippen LogP contribution is 2.34. The first-order valence-corrected chi connectivity index (χ1v) is 20.2. The van der Waals surface area contributed by atoms with Crippen molar-refractivity contribution in [1.29, 1.82) is 0 Å². The largest absolute Gasteiger partial charge is 0.497 e. The average Bonchev–Trinajstić information content (AvgIpc) is 3.58. The molecule has 0 unspecified atom stereocenters. The van der Waals surface area contributed by atoms with Gasteiger partial charge in [-0.05, 0) is 65.9 Å². The van der Waals surface area contributed by atoms with Crippen LogP contribution in [0.3, 0.4) is 0 Å². The van der Waals surface area contributed by atoms with Crippen LogP contribution in [0.4, 0.5) is 22.0 Å². The van der Waals surface area contributed by atoms with Gasteiger partial charge in [0.05, 0.1) is 24.2 Å². The molecular weight excluding hydrogens is 846 g/mol. The fourth-order valence-electron chi connectivity index (χ4n) is 6.30. The number of hydrogen-bond acceptors (Lipinski definition) is 8. The van der Waals surface area contributed by atoms with Crippen molar-refractivity contribution in [3.63, 3.8) is 0 Å². The topological polar surface area (TPSA) is 136 Å². The Bertz CT molecular complexity index is 2050. The van der Waals surface area contributed by atoms with Gasteiger partial charge in [0, 0.05) is 40.4 Å². The Morgan fingerprint density at radius 1 is 0.877 bits per heavy atom. The summed E-state index contributed by atoms with van der Waals surface area (Å²) in [6, 6.07) is 15.0. The molecule has 4 rings (SSSR count). The Morgan fingerprint density at radius 2 is 1.51 bits per heavy atom. The Morgan fingerprint density at radius 3 is 2.07 bits per heavy atom. The van der Waals surface area contributed by atoms with Crippen LogP contribution < -0.4 is 14.8 Å². The number of likely N-dealkylation sites (tertiary alicyclic amines) is 1. The van der Waals surface area contributed by atoms with E-state index in [1.165, 1.54) is 51.3 Å². The molecule has 1 N–H and O–H groups in total. The van der Waals surface area contributed by atoms with Gasteiger partial charge in [0.15, 0.2) is 21.7 Å². The van der Waals surface area contributed by atoms with Gasteiger partial charge in [-0.2, -0.15) is 22.0 Å². The van der Waals surface area contributed by atoms with Gasteiger partial charge in [-0.3, -0.25) is 19.2 Å². The van der Waals surface area contributed by atoms with Gasteiger partial charge < -0.3 is 19.7 Å². The van der Waals surface area contributed by atoms with Gasteiger partial charge in [-0.25, -0.2) is 8.42 Å². The summed E-state index contributed by atoms with van der Waals surface area (Å²) < 4.78 is 107. The first-order chi connectivity index (χ1) is 26.5. The van der Waals surface area contributed by atoms with Crippen molar-refractivity contribution in [2.75, 3.05) is 20.2 Å². The van der Waals surface area contributed by atoms with Crippen molar-refractivity contribution >= 4 is 68.0 Å². The lowest BCUT2D eigenvalue weighted by Gasteiger charge is -2.30. The molecule has 0 bridgehead atoms. The maximum Gasteiger partial charge on any atom is 0.405 e. The predicted molar refractivity (Wildman–Crippen MR) is 203 cm³/mol. The lowest BCUT2D eigenvalue weighted by Crippen LogP contribution is -2.52. The van der Waals surface area contributed by atoms with Crippen LogP contribution >= 0.6 is 34.8 Å². The number of amides is 2. The van der Waals surface area contributed by atoms with E-state index in [0.717, 1.165) is 10.2 Å². The minimum absolute atomic E-state index is 0.0372. The number of ketones is 2. The summed E-state index contributed by atoms with van der Waals surface area (Å²) in [6.45, 7) is -0.116. The summed E-state index contributed by atoms with van der Waals surface area (Å²) in [5.74, 6) is -14.5. The molecule has 57 heavy (non-hydrogen) atoms. The van der Waals surface area contributed by atoms with Gasteiger partial charge in [0.1, 0.15) is 18.0 Å². The number of ether oxygens (including phenoxy) is 2. The smallest absolute Gasteiger partial charge is 0.405 e. The molecule has 1 aliphatic rings. The first-order valence-electron chi connectivity index (χ1n) is 17.3. The number of carbonyl (C=O) groups is 4. The van der Waals surface area contributed by atoms with Crippen LogP contribution in [-0.2, 0) is 41.2 Å². The zero-order valence-corrected chi connectivity index (χ0v) is 33.7. The highest BCUT2D eigenvalue weighted by atomic mass is 35.5. The van der Waals surface area contributed by atoms with E-state index in [0.29, 0.717) is 21.9 Å². The van der Waals surface area contributed by atoms with Gasteiger partial charge in [-0.15, -0.1) is 0 Å². The molecule has 10 nitrogen and oxygen atoms in total. The summed E-state index contributed by atoms with van der Waals surface area (Å²) in [7, 11) is -2.72. The molecule has 0 spiro atoms. The molecule has 1 aliphatic heterocycles. The Labute approximate surface area is 340 Å². The van der Waals surface area contributed by atoms with E-state index in [1.807, 2.05) is 0 Å². The van der Waals surface area contributed by atoms with Crippen LogP contribution in [0.5, 0.6) is 11.5 Å². The summed E-state index contributed by atoms with van der Waals surface area (Å²) >= 11 is 18.5. The van der Waals surface area contributed by atoms with E-state index < -0.39 is 106 Å². The highest BCUT2D eigenvalue weighted by molar-refractivity contribution is 7.91. The molecule has 0 aliphatic carbocycles. The van der Waals surface area contributed by atoms with Gasteiger partial charge in [-0.1, -0.05) is 72.9 Å². The van der Waals surface area contributed by atoms with Crippen LogP contribution in [0, 0.1) is 11.8 Å². The third kappa shape index (κ3) is 12.3. The number of methoxy groups -OCH3 is 1. The average molecular weight is 884 g/mol. The zero-order valence-electron chi connectivity index (χ0n) is 30.6. The summed E-state index contributed by atoms with van der Waals surface area (Å²) in [5, 5.41) is 0.246. The van der Waals surface area contributed by atoms with Crippen LogP contribution in [-0.4, -0.2) is 86.4 Å². The molecule has 3 aromatic rings. The lowest BCUT2D eigenvalue weighted by molar-refractivity contribution is -0.167. The molecule has 2 amide bonds. The van der Waals surface area contributed by atoms with Crippen LogP contribution in [0.25, 0.3) is 0 Å². The van der Waals surface area contributed by atoms with Crippen molar-refractivity contribution in [1.82, 2.24) is 10.2 Å². The maximum atomic E-state index is 15.1. The monoisotopic (exact) mass is 882 g/mol. The Kier molecular flexibility index (Phi) is 15.0. The van der Waals surface area contributed by atoms with E-state index >= 15 is 8.78 Å². The SMILES string of the molecule is COc1ccc(CS(=O)(=O)[C@@H]2C[C@@H](C(=O)C[C@H](C(=O)C(F)(F)C(=O)NCC(F)(F)F)C(C)C)N(C(=O)[C@@H](Cc3cccc(Cl)c3)Oc3cc(Cl)cc(Cl)c3)C2)cc1. The third-order valence-electron chi connectivity index (χ3n) is 9.26. The fourth-order valence-corrected chi connectivity index (χ4v) is 8.78. The number of halogens is 8. The molecule has 19 heteroatoms. The minimum atomic E-state index is -5.06. The van der Waals surface area contributed by atoms with E-state index in [-0.39, 0.29) is 22.2 Å². The van der Waals surface area contributed by atoms with Gasteiger partial charge in [0.2, 0.25) is 5.78 Å². The molecule has 4 atom stereocenters. The summed E-state index contributed by atoms with van der Waals surface area (Å²) in [6.07, 6.45) is -8.21. The van der Waals surface area contributed by atoms with E-state index in [2.05, 4.69) is 0 Å². The number of sulfone groups is 1. The molecule has 0 saturated carbocycles. The number of nitrogens with zero attached hydrogens (tertiary/aromatic N) is 1. The number of carbonyl (C=O) groups excluding carboxylic acids is 4. The number of Topliss-reactive ketones (excluding diaryl/α,β-unsaturated/α-hetero) is 2. The third-order valence-corrected chi connectivity index (χ3v) is 12.0. The number of benzene rings is 3. The van der Waals surface area contributed by atoms with Crippen molar-refractivity contribution in [2.45, 2.75) is 68.4 Å². The highest BCUT2D eigenvalue weighted by Gasteiger charge is 2.53. The van der Waals surface area contributed by atoms with Gasteiger partial charge in [0.25, 0.3) is 11.8 Å². The second-order valence-corrected chi connectivity index (χ2v) is 17.4. The number of nitrogens with one attached hydrogen (secondary N) is 1. The van der Waals surface area contributed by atoms with Gasteiger partial charge >= 0.3 is 12.1 Å². The Balaban J connectivity index is 1.72. The maximum absolute atomic E-state index is 15.1. The van der Waals surface area contributed by atoms with E-state index in [1.54, 1.807) is 36.4 Å². The normalized spacial score (nSPS) is 17.2.